The van der Waals surface area contributed by atoms with Gasteiger partial charge < -0.3 is 15.7 Å². The van der Waals surface area contributed by atoms with Gasteiger partial charge in [0.25, 0.3) is 5.91 Å². The summed E-state index contributed by atoms with van der Waals surface area (Å²) in [6.07, 6.45) is 1.64. The molecule has 0 aliphatic heterocycles. The molecule has 1 unspecified atom stereocenters. The van der Waals surface area contributed by atoms with Crippen molar-refractivity contribution in [3.05, 3.63) is 11.4 Å². The summed E-state index contributed by atoms with van der Waals surface area (Å²) in [6, 6.07) is 0. The summed E-state index contributed by atoms with van der Waals surface area (Å²) in [5.41, 5.74) is 7.50. The summed E-state index contributed by atoms with van der Waals surface area (Å²) in [5, 5.41) is 16.1. The van der Waals surface area contributed by atoms with E-state index in [-0.39, 0.29) is 18.1 Å². The van der Waals surface area contributed by atoms with Crippen molar-refractivity contribution in [2.24, 2.45) is 0 Å². The number of nitrogens with two attached hydrogens (primary N) is 1. The fourth-order valence-corrected chi connectivity index (χ4v) is 1.87. The molecule has 6 nitrogen and oxygen atoms in total. The number of hydrogen-bond acceptors (Lipinski definition) is 4. The molecule has 0 spiro atoms. The van der Waals surface area contributed by atoms with E-state index in [0.29, 0.717) is 11.6 Å². The number of aliphatic hydroxyl groups is 1. The quantitative estimate of drug-likeness (QED) is 0.704. The SMILES string of the molecule is CC(O)CN(C)C(=O)c1n[nH]c(C2CC2)c1N. The lowest BCUT2D eigenvalue weighted by Crippen LogP contribution is -2.33. The number of carbonyl (C=O) groups excluding carboxylic acids is 1. The number of carbonyl (C=O) groups is 1. The van der Waals surface area contributed by atoms with Gasteiger partial charge in [0, 0.05) is 19.5 Å². The van der Waals surface area contributed by atoms with Crippen LogP contribution >= 0.6 is 0 Å². The van der Waals surface area contributed by atoms with Crippen LogP contribution in [0.4, 0.5) is 5.69 Å². The number of likely N-dealkylation sites (N-methyl/N-ethyl adjacent to an activating group) is 1. The summed E-state index contributed by atoms with van der Waals surface area (Å²) in [4.78, 5) is 13.4. The molecule has 6 heteroatoms. The minimum atomic E-state index is -0.563. The number of hydrogen-bond donors (Lipinski definition) is 3. The van der Waals surface area contributed by atoms with Crippen molar-refractivity contribution in [3.8, 4) is 0 Å². The van der Waals surface area contributed by atoms with Gasteiger partial charge in [-0.2, -0.15) is 5.10 Å². The second kappa shape index (κ2) is 4.37. The minimum absolute atomic E-state index is 0.258. The van der Waals surface area contributed by atoms with Crippen LogP contribution in [-0.2, 0) is 0 Å². The molecule has 1 heterocycles. The maximum Gasteiger partial charge on any atom is 0.276 e. The second-order valence-corrected chi connectivity index (χ2v) is 4.71. The lowest BCUT2D eigenvalue weighted by molar-refractivity contribution is 0.0699. The smallest absolute Gasteiger partial charge is 0.276 e. The average molecular weight is 238 g/mol. The van der Waals surface area contributed by atoms with E-state index in [2.05, 4.69) is 10.2 Å². The number of anilines is 1. The molecule has 2 rings (SSSR count). The number of nitrogen functional groups attached to an aromatic ring is 1. The monoisotopic (exact) mass is 238 g/mol. The number of amides is 1. The molecule has 0 aromatic carbocycles. The zero-order valence-electron chi connectivity index (χ0n) is 10.1. The second-order valence-electron chi connectivity index (χ2n) is 4.71. The largest absolute Gasteiger partial charge is 0.395 e. The number of aromatic amines is 1. The van der Waals surface area contributed by atoms with E-state index in [9.17, 15) is 9.90 Å². The molecule has 17 heavy (non-hydrogen) atoms. The van der Waals surface area contributed by atoms with Crippen molar-refractivity contribution in [1.29, 1.82) is 0 Å². The molecule has 0 radical (unpaired) electrons. The van der Waals surface area contributed by atoms with Crippen molar-refractivity contribution in [1.82, 2.24) is 15.1 Å². The van der Waals surface area contributed by atoms with E-state index in [1.807, 2.05) is 0 Å². The van der Waals surface area contributed by atoms with Crippen LogP contribution in [0, 0.1) is 0 Å². The van der Waals surface area contributed by atoms with E-state index in [1.165, 1.54) is 4.90 Å². The molecule has 1 aliphatic carbocycles. The summed E-state index contributed by atoms with van der Waals surface area (Å²) < 4.78 is 0. The lowest BCUT2D eigenvalue weighted by atomic mass is 10.2. The molecule has 1 amide bonds. The van der Waals surface area contributed by atoms with Crippen LogP contribution in [0.1, 0.15) is 41.9 Å². The van der Waals surface area contributed by atoms with E-state index in [4.69, 9.17) is 5.73 Å². The van der Waals surface area contributed by atoms with E-state index >= 15 is 0 Å². The Hall–Kier alpha value is -1.56. The maximum absolute atomic E-state index is 12.0. The normalized spacial score (nSPS) is 16.9. The standard InChI is InChI=1S/C11H18N4O2/c1-6(16)5-15(2)11(17)10-8(12)9(13-14-10)7-3-4-7/h6-7,16H,3-5,12H2,1-2H3,(H,13,14). The molecular formula is C11H18N4O2. The maximum atomic E-state index is 12.0. The molecule has 0 bridgehead atoms. The van der Waals surface area contributed by atoms with Crippen LogP contribution in [0.3, 0.4) is 0 Å². The predicted molar refractivity (Wildman–Crippen MR) is 63.6 cm³/mol. The van der Waals surface area contributed by atoms with Crippen LogP contribution in [0.5, 0.6) is 0 Å². The molecule has 0 saturated heterocycles. The molecule has 1 aromatic heterocycles. The third kappa shape index (κ3) is 2.41. The fourth-order valence-electron chi connectivity index (χ4n) is 1.87. The summed E-state index contributed by atoms with van der Waals surface area (Å²) in [5.74, 6) is 0.178. The molecule has 4 N–H and O–H groups in total. The van der Waals surface area contributed by atoms with Crippen molar-refractivity contribution < 1.29 is 9.90 Å². The van der Waals surface area contributed by atoms with Crippen LogP contribution in [0.25, 0.3) is 0 Å². The topological polar surface area (TPSA) is 95.2 Å². The van der Waals surface area contributed by atoms with Crippen LogP contribution in [0.2, 0.25) is 0 Å². The Balaban J connectivity index is 2.13. The third-order valence-electron chi connectivity index (χ3n) is 2.91. The molecule has 1 fully saturated rings. The number of nitrogens with zero attached hydrogens (tertiary/aromatic N) is 2. The first-order valence-electron chi connectivity index (χ1n) is 5.78. The van der Waals surface area contributed by atoms with Crippen LogP contribution < -0.4 is 5.73 Å². The van der Waals surface area contributed by atoms with E-state index < -0.39 is 6.10 Å². The first-order valence-corrected chi connectivity index (χ1v) is 5.78. The van der Waals surface area contributed by atoms with Gasteiger partial charge in [0.1, 0.15) is 0 Å². The highest BCUT2D eigenvalue weighted by Gasteiger charge is 2.31. The molecule has 1 aromatic rings. The van der Waals surface area contributed by atoms with Crippen LogP contribution in [0.15, 0.2) is 0 Å². The van der Waals surface area contributed by atoms with Gasteiger partial charge in [0.15, 0.2) is 5.69 Å². The number of H-pyrrole nitrogens is 1. The van der Waals surface area contributed by atoms with Crippen molar-refractivity contribution in [2.75, 3.05) is 19.3 Å². The van der Waals surface area contributed by atoms with Crippen molar-refractivity contribution in [3.63, 3.8) is 0 Å². The van der Waals surface area contributed by atoms with Gasteiger partial charge in [-0.05, 0) is 19.8 Å². The van der Waals surface area contributed by atoms with Crippen LogP contribution in [-0.4, -0.2) is 45.8 Å². The summed E-state index contributed by atoms with van der Waals surface area (Å²) in [7, 11) is 1.62. The fraction of sp³-hybridized carbons (Fsp3) is 0.636. The van der Waals surface area contributed by atoms with Gasteiger partial charge in [-0.25, -0.2) is 0 Å². The van der Waals surface area contributed by atoms with E-state index in [0.717, 1.165) is 18.5 Å². The van der Waals surface area contributed by atoms with Gasteiger partial charge in [-0.3, -0.25) is 9.89 Å². The molecule has 94 valence electrons. The molecular weight excluding hydrogens is 220 g/mol. The first-order chi connectivity index (χ1) is 8.00. The predicted octanol–water partition coefficient (Wildman–Crippen LogP) is 0.322. The van der Waals surface area contributed by atoms with Gasteiger partial charge >= 0.3 is 0 Å². The molecule has 1 atom stereocenters. The van der Waals surface area contributed by atoms with Gasteiger partial charge in [0.05, 0.1) is 17.5 Å². The molecule has 1 saturated carbocycles. The highest BCUT2D eigenvalue weighted by Crippen LogP contribution is 2.42. The summed E-state index contributed by atoms with van der Waals surface area (Å²) in [6.45, 7) is 1.90. The Bertz CT molecular complexity index is 423. The summed E-state index contributed by atoms with van der Waals surface area (Å²) >= 11 is 0. The lowest BCUT2D eigenvalue weighted by Gasteiger charge is -2.17. The Labute approximate surface area is 99.8 Å². The highest BCUT2D eigenvalue weighted by molar-refractivity contribution is 5.97. The Kier molecular flexibility index (Phi) is 3.06. The zero-order valence-corrected chi connectivity index (χ0v) is 10.1. The molecule has 1 aliphatic rings. The Morgan fingerprint density at radius 3 is 2.88 bits per heavy atom. The minimum Gasteiger partial charge on any atom is -0.395 e. The van der Waals surface area contributed by atoms with Gasteiger partial charge in [-0.1, -0.05) is 0 Å². The van der Waals surface area contributed by atoms with Gasteiger partial charge in [0.2, 0.25) is 0 Å². The highest BCUT2D eigenvalue weighted by atomic mass is 16.3. The average Bonchev–Trinajstić information content (AvgIpc) is 3.01. The Morgan fingerprint density at radius 1 is 1.71 bits per heavy atom. The van der Waals surface area contributed by atoms with Gasteiger partial charge in [-0.15, -0.1) is 0 Å². The zero-order chi connectivity index (χ0) is 12.6. The Morgan fingerprint density at radius 2 is 2.35 bits per heavy atom. The third-order valence-corrected chi connectivity index (χ3v) is 2.91. The first kappa shape index (κ1) is 11.9. The number of aliphatic hydroxyl groups excluding tert-OH is 1. The van der Waals surface area contributed by atoms with E-state index in [1.54, 1.807) is 14.0 Å². The number of rotatable bonds is 4. The van der Waals surface area contributed by atoms with Crippen molar-refractivity contribution in [2.45, 2.75) is 31.8 Å². The number of aromatic nitrogens is 2. The number of nitrogens with one attached hydrogen (secondary N) is 1. The van der Waals surface area contributed by atoms with Crippen molar-refractivity contribution >= 4 is 11.6 Å².